The van der Waals surface area contributed by atoms with Crippen molar-refractivity contribution in [1.82, 2.24) is 29.9 Å². The Morgan fingerprint density at radius 3 is 2.61 bits per heavy atom. The van der Waals surface area contributed by atoms with E-state index in [9.17, 15) is 0 Å². The summed E-state index contributed by atoms with van der Waals surface area (Å²) in [6, 6.07) is 7.97. The van der Waals surface area contributed by atoms with Crippen LogP contribution in [0.2, 0.25) is 5.02 Å². The highest BCUT2D eigenvalue weighted by atomic mass is 35.5. The Morgan fingerprint density at radius 1 is 1.17 bits per heavy atom. The van der Waals surface area contributed by atoms with Crippen molar-refractivity contribution in [3.63, 3.8) is 0 Å². The molecular weight excluding hydrogens is 312 g/mol. The molecule has 0 bridgehead atoms. The van der Waals surface area contributed by atoms with Gasteiger partial charge in [0, 0.05) is 23.0 Å². The smallest absolute Gasteiger partial charge is 0.116 e. The molecule has 0 saturated heterocycles. The maximum Gasteiger partial charge on any atom is 0.116 e. The van der Waals surface area contributed by atoms with Crippen LogP contribution in [0.5, 0.6) is 0 Å². The van der Waals surface area contributed by atoms with Gasteiger partial charge < -0.3 is 4.90 Å². The third-order valence-corrected chi connectivity index (χ3v) is 3.99. The average Bonchev–Trinajstić information content (AvgIpc) is 3.03. The lowest BCUT2D eigenvalue weighted by molar-refractivity contribution is 0.259. The zero-order valence-corrected chi connectivity index (χ0v) is 13.7. The first kappa shape index (κ1) is 15.6. The predicted octanol–water partition coefficient (Wildman–Crippen LogP) is 2.69. The van der Waals surface area contributed by atoms with Crippen LogP contribution in [-0.2, 0) is 6.54 Å². The van der Waals surface area contributed by atoms with Crippen molar-refractivity contribution in [1.29, 1.82) is 0 Å². The van der Waals surface area contributed by atoms with E-state index < -0.39 is 0 Å². The molecule has 3 rings (SSSR count). The zero-order valence-electron chi connectivity index (χ0n) is 13.0. The molecule has 118 valence electrons. The summed E-state index contributed by atoms with van der Waals surface area (Å²) in [5, 5.41) is 9.16. The third-order valence-electron chi connectivity index (χ3n) is 3.64. The van der Waals surface area contributed by atoms with Crippen LogP contribution in [0.25, 0.3) is 11.3 Å². The first-order valence-corrected chi connectivity index (χ1v) is 7.59. The van der Waals surface area contributed by atoms with Crippen molar-refractivity contribution < 1.29 is 0 Å². The Balaban J connectivity index is 1.85. The highest BCUT2D eigenvalue weighted by Crippen LogP contribution is 2.27. The molecule has 0 aliphatic rings. The molecule has 2 heterocycles. The number of hydrogen-bond donors (Lipinski definition) is 0. The van der Waals surface area contributed by atoms with Crippen molar-refractivity contribution in [3.05, 3.63) is 59.8 Å². The standard InChI is InChI=1S/C16H17ClN6/c1-22(2)16(13-5-3-4-6-14(13)17)10-23-9-15(20-21-23)12-7-18-11-19-8-12/h3-9,11,16H,10H2,1-2H3/t16-/m1/s1. The molecule has 0 aliphatic carbocycles. The molecule has 0 N–H and O–H groups in total. The Bertz CT molecular complexity index is 771. The van der Waals surface area contributed by atoms with Crippen LogP contribution < -0.4 is 0 Å². The van der Waals surface area contributed by atoms with Crippen LogP contribution in [0.15, 0.2) is 49.2 Å². The molecule has 7 heteroatoms. The Kier molecular flexibility index (Phi) is 4.64. The van der Waals surface area contributed by atoms with E-state index in [1.165, 1.54) is 6.33 Å². The normalized spacial score (nSPS) is 12.5. The Hall–Kier alpha value is -2.31. The van der Waals surface area contributed by atoms with Gasteiger partial charge in [0.25, 0.3) is 0 Å². The monoisotopic (exact) mass is 328 g/mol. The number of hydrogen-bond acceptors (Lipinski definition) is 5. The highest BCUT2D eigenvalue weighted by molar-refractivity contribution is 6.31. The van der Waals surface area contributed by atoms with Gasteiger partial charge >= 0.3 is 0 Å². The number of benzene rings is 1. The van der Waals surface area contributed by atoms with E-state index in [0.717, 1.165) is 21.8 Å². The summed E-state index contributed by atoms with van der Waals surface area (Å²) >= 11 is 6.34. The minimum atomic E-state index is 0.102. The van der Waals surface area contributed by atoms with E-state index in [4.69, 9.17) is 11.6 Å². The molecule has 1 atom stereocenters. The molecule has 0 fully saturated rings. The van der Waals surface area contributed by atoms with E-state index in [0.29, 0.717) is 6.54 Å². The van der Waals surface area contributed by atoms with Crippen LogP contribution in [0.3, 0.4) is 0 Å². The van der Waals surface area contributed by atoms with Gasteiger partial charge in [-0.25, -0.2) is 14.6 Å². The Morgan fingerprint density at radius 2 is 1.91 bits per heavy atom. The van der Waals surface area contributed by atoms with Gasteiger partial charge in [0.1, 0.15) is 12.0 Å². The van der Waals surface area contributed by atoms with Gasteiger partial charge in [-0.1, -0.05) is 35.0 Å². The minimum Gasteiger partial charge on any atom is -0.301 e. The maximum atomic E-state index is 6.34. The minimum absolute atomic E-state index is 0.102. The predicted molar refractivity (Wildman–Crippen MR) is 88.9 cm³/mol. The Labute approximate surface area is 139 Å². The fourth-order valence-electron chi connectivity index (χ4n) is 2.41. The molecule has 0 unspecified atom stereocenters. The van der Waals surface area contributed by atoms with Crippen molar-refractivity contribution in [3.8, 4) is 11.3 Å². The van der Waals surface area contributed by atoms with Crippen LogP contribution in [0, 0.1) is 0 Å². The number of rotatable bonds is 5. The molecule has 23 heavy (non-hydrogen) atoms. The number of aromatic nitrogens is 5. The largest absolute Gasteiger partial charge is 0.301 e. The second-order valence-electron chi connectivity index (χ2n) is 5.45. The van der Waals surface area contributed by atoms with Gasteiger partial charge in [-0.05, 0) is 25.7 Å². The molecule has 0 radical (unpaired) electrons. The number of likely N-dealkylation sites (N-methyl/N-ethyl adjacent to an activating group) is 1. The summed E-state index contributed by atoms with van der Waals surface area (Å²) in [6.45, 7) is 0.650. The highest BCUT2D eigenvalue weighted by Gasteiger charge is 2.18. The van der Waals surface area contributed by atoms with E-state index in [1.807, 2.05) is 49.2 Å². The van der Waals surface area contributed by atoms with Crippen LogP contribution in [0.1, 0.15) is 11.6 Å². The molecule has 0 amide bonds. The molecule has 0 spiro atoms. The number of halogens is 1. The molecule has 6 nitrogen and oxygen atoms in total. The molecular formula is C16H17ClN6. The van der Waals surface area contributed by atoms with E-state index in [-0.39, 0.29) is 6.04 Å². The first-order valence-electron chi connectivity index (χ1n) is 7.21. The summed E-state index contributed by atoms with van der Waals surface area (Å²) < 4.78 is 1.82. The topological polar surface area (TPSA) is 59.7 Å². The van der Waals surface area contributed by atoms with Gasteiger partial charge in [0.2, 0.25) is 0 Å². The van der Waals surface area contributed by atoms with E-state index in [1.54, 1.807) is 12.4 Å². The quantitative estimate of drug-likeness (QED) is 0.720. The first-order chi connectivity index (χ1) is 11.1. The molecule has 1 aromatic carbocycles. The van der Waals surface area contributed by atoms with Crippen molar-refractivity contribution >= 4 is 11.6 Å². The summed E-state index contributed by atoms with van der Waals surface area (Å²) in [4.78, 5) is 10.1. The summed E-state index contributed by atoms with van der Waals surface area (Å²) in [5.74, 6) is 0. The van der Waals surface area contributed by atoms with Gasteiger partial charge in [0.05, 0.1) is 18.8 Å². The number of nitrogens with zero attached hydrogens (tertiary/aromatic N) is 6. The van der Waals surface area contributed by atoms with Gasteiger partial charge in [-0.15, -0.1) is 5.10 Å². The fourth-order valence-corrected chi connectivity index (χ4v) is 2.68. The fraction of sp³-hybridized carbons (Fsp3) is 0.250. The van der Waals surface area contributed by atoms with Gasteiger partial charge in [-0.2, -0.15) is 0 Å². The summed E-state index contributed by atoms with van der Waals surface area (Å²) in [5.41, 5.74) is 2.67. The van der Waals surface area contributed by atoms with Crippen molar-refractivity contribution in [2.24, 2.45) is 0 Å². The lowest BCUT2D eigenvalue weighted by Gasteiger charge is -2.25. The zero-order chi connectivity index (χ0) is 16.2. The maximum absolute atomic E-state index is 6.34. The molecule has 3 aromatic rings. The van der Waals surface area contributed by atoms with E-state index in [2.05, 4.69) is 25.2 Å². The van der Waals surface area contributed by atoms with E-state index >= 15 is 0 Å². The van der Waals surface area contributed by atoms with Gasteiger partial charge in [-0.3, -0.25) is 0 Å². The van der Waals surface area contributed by atoms with Crippen molar-refractivity contribution in [2.45, 2.75) is 12.6 Å². The van der Waals surface area contributed by atoms with Crippen LogP contribution in [0.4, 0.5) is 0 Å². The lowest BCUT2D eigenvalue weighted by Crippen LogP contribution is -2.25. The molecule has 2 aromatic heterocycles. The third kappa shape index (κ3) is 3.55. The summed E-state index contributed by atoms with van der Waals surface area (Å²) in [7, 11) is 4.05. The van der Waals surface area contributed by atoms with Crippen molar-refractivity contribution in [2.75, 3.05) is 14.1 Å². The second kappa shape index (κ2) is 6.85. The summed E-state index contributed by atoms with van der Waals surface area (Å²) in [6.07, 6.45) is 6.83. The SMILES string of the molecule is CN(C)[C@H](Cn1cc(-c2cncnc2)nn1)c1ccccc1Cl. The molecule has 0 aliphatic heterocycles. The van der Waals surface area contributed by atoms with Crippen LogP contribution >= 0.6 is 11.6 Å². The average molecular weight is 329 g/mol. The van der Waals surface area contributed by atoms with Crippen LogP contribution in [-0.4, -0.2) is 44.0 Å². The molecule has 0 saturated carbocycles. The second-order valence-corrected chi connectivity index (χ2v) is 5.86. The lowest BCUT2D eigenvalue weighted by atomic mass is 10.1. The van der Waals surface area contributed by atoms with Gasteiger partial charge in [0.15, 0.2) is 0 Å².